The van der Waals surface area contributed by atoms with Crippen LogP contribution in [0.3, 0.4) is 0 Å². The zero-order valence-electron chi connectivity index (χ0n) is 8.90. The van der Waals surface area contributed by atoms with Crippen LogP contribution in [-0.2, 0) is 4.79 Å². The molecule has 0 radical (unpaired) electrons. The molecule has 0 amide bonds. The molecular formula is C12H15NO2. The number of carboxylic acids is 1. The molecular weight excluding hydrogens is 190 g/mol. The highest BCUT2D eigenvalue weighted by molar-refractivity contribution is 5.79. The van der Waals surface area contributed by atoms with Crippen LogP contribution in [0, 0.1) is 6.92 Å². The van der Waals surface area contributed by atoms with Crippen molar-refractivity contribution in [2.45, 2.75) is 19.9 Å². The van der Waals surface area contributed by atoms with Crippen LogP contribution >= 0.6 is 0 Å². The smallest absolute Gasteiger partial charge is 0.329 e. The van der Waals surface area contributed by atoms with Crippen LogP contribution in [0.15, 0.2) is 36.5 Å². The summed E-state index contributed by atoms with van der Waals surface area (Å²) in [5.41, 5.74) is 2.35. The summed E-state index contributed by atoms with van der Waals surface area (Å²) >= 11 is 0. The third-order valence-electron chi connectivity index (χ3n) is 2.15. The van der Waals surface area contributed by atoms with E-state index in [1.54, 1.807) is 0 Å². The van der Waals surface area contributed by atoms with Crippen LogP contribution in [0.1, 0.15) is 24.1 Å². The van der Waals surface area contributed by atoms with Crippen molar-refractivity contribution in [3.05, 3.63) is 47.7 Å². The van der Waals surface area contributed by atoms with Crippen LogP contribution < -0.4 is 5.32 Å². The van der Waals surface area contributed by atoms with E-state index in [1.807, 2.05) is 38.1 Å². The summed E-state index contributed by atoms with van der Waals surface area (Å²) in [6, 6.07) is 8.24. The molecule has 1 atom stereocenters. The lowest BCUT2D eigenvalue weighted by atomic mass is 10.1. The SMILES string of the molecule is Cc1ccc([C@@H](C)N/C=C/C(=O)O)cc1. The Balaban J connectivity index is 2.57. The maximum Gasteiger partial charge on any atom is 0.329 e. The molecule has 0 aromatic heterocycles. The number of carbonyl (C=O) groups is 1. The molecule has 80 valence electrons. The van der Waals surface area contributed by atoms with E-state index < -0.39 is 5.97 Å². The van der Waals surface area contributed by atoms with Gasteiger partial charge in [0, 0.05) is 18.3 Å². The monoisotopic (exact) mass is 205 g/mol. The quantitative estimate of drug-likeness (QED) is 0.741. The first-order valence-corrected chi connectivity index (χ1v) is 4.81. The highest BCUT2D eigenvalue weighted by Crippen LogP contribution is 2.12. The van der Waals surface area contributed by atoms with Gasteiger partial charge >= 0.3 is 5.97 Å². The van der Waals surface area contributed by atoms with Crippen LogP contribution in [0.4, 0.5) is 0 Å². The minimum Gasteiger partial charge on any atom is -0.478 e. The van der Waals surface area contributed by atoms with Crippen molar-refractivity contribution in [2.75, 3.05) is 0 Å². The Morgan fingerprint density at radius 1 is 1.40 bits per heavy atom. The summed E-state index contributed by atoms with van der Waals surface area (Å²) in [4.78, 5) is 10.2. The molecule has 0 saturated heterocycles. The fraction of sp³-hybridized carbons (Fsp3) is 0.250. The van der Waals surface area contributed by atoms with Crippen LogP contribution in [0.25, 0.3) is 0 Å². The van der Waals surface area contributed by atoms with Crippen LogP contribution in [-0.4, -0.2) is 11.1 Å². The third-order valence-corrected chi connectivity index (χ3v) is 2.15. The molecule has 0 heterocycles. The molecule has 0 saturated carbocycles. The number of hydrogen-bond acceptors (Lipinski definition) is 2. The Morgan fingerprint density at radius 3 is 2.53 bits per heavy atom. The van der Waals surface area contributed by atoms with Gasteiger partial charge in [0.2, 0.25) is 0 Å². The standard InChI is InChI=1S/C12H15NO2/c1-9-3-5-11(6-4-9)10(2)13-8-7-12(14)15/h3-8,10,13H,1-2H3,(H,14,15)/b8-7+/t10-/m1/s1. The normalized spacial score (nSPS) is 12.7. The minimum atomic E-state index is -0.946. The molecule has 0 spiro atoms. The van der Waals surface area contributed by atoms with Crippen molar-refractivity contribution in [1.82, 2.24) is 5.32 Å². The minimum absolute atomic E-state index is 0.112. The van der Waals surface area contributed by atoms with Gasteiger partial charge in [-0.1, -0.05) is 29.8 Å². The van der Waals surface area contributed by atoms with E-state index in [9.17, 15) is 4.79 Å². The average Bonchev–Trinajstić information content (AvgIpc) is 2.18. The van der Waals surface area contributed by atoms with Gasteiger partial charge in [0.15, 0.2) is 0 Å². The Hall–Kier alpha value is -1.77. The first kappa shape index (κ1) is 11.3. The number of benzene rings is 1. The lowest BCUT2D eigenvalue weighted by Gasteiger charge is -2.11. The first-order chi connectivity index (χ1) is 7.09. The third kappa shape index (κ3) is 3.85. The molecule has 1 rings (SSSR count). The van der Waals surface area contributed by atoms with Crippen LogP contribution in [0.2, 0.25) is 0 Å². The molecule has 1 aromatic rings. The molecule has 15 heavy (non-hydrogen) atoms. The van der Waals surface area contributed by atoms with Gasteiger partial charge in [-0.05, 0) is 19.4 Å². The van der Waals surface area contributed by atoms with E-state index in [0.29, 0.717) is 0 Å². The topological polar surface area (TPSA) is 49.3 Å². The van der Waals surface area contributed by atoms with E-state index in [-0.39, 0.29) is 6.04 Å². The maximum atomic E-state index is 10.2. The number of aryl methyl sites for hydroxylation is 1. The Kier molecular flexibility index (Phi) is 3.92. The number of carboxylic acid groups (broad SMARTS) is 1. The van der Waals surface area contributed by atoms with Crippen molar-refractivity contribution >= 4 is 5.97 Å². The van der Waals surface area contributed by atoms with Gasteiger partial charge in [-0.25, -0.2) is 4.79 Å². The number of nitrogens with one attached hydrogen (secondary N) is 1. The maximum absolute atomic E-state index is 10.2. The van der Waals surface area contributed by atoms with Gasteiger partial charge in [-0.2, -0.15) is 0 Å². The zero-order valence-corrected chi connectivity index (χ0v) is 8.90. The van der Waals surface area contributed by atoms with Gasteiger partial charge < -0.3 is 10.4 Å². The predicted octanol–water partition coefficient (Wildman–Crippen LogP) is 2.24. The van der Waals surface area contributed by atoms with Gasteiger partial charge in [-0.15, -0.1) is 0 Å². The van der Waals surface area contributed by atoms with E-state index in [4.69, 9.17) is 5.11 Å². The van der Waals surface area contributed by atoms with E-state index in [0.717, 1.165) is 11.6 Å². The highest BCUT2D eigenvalue weighted by Gasteiger charge is 2.01. The van der Waals surface area contributed by atoms with Gasteiger partial charge in [0.05, 0.1) is 0 Å². The summed E-state index contributed by atoms with van der Waals surface area (Å²) in [5, 5.41) is 11.4. The second kappa shape index (κ2) is 5.20. The van der Waals surface area contributed by atoms with Gasteiger partial charge in [0.1, 0.15) is 0 Å². The largest absolute Gasteiger partial charge is 0.478 e. The molecule has 0 unspecified atom stereocenters. The number of rotatable bonds is 4. The molecule has 0 bridgehead atoms. The summed E-state index contributed by atoms with van der Waals surface area (Å²) in [6.45, 7) is 4.02. The molecule has 2 N–H and O–H groups in total. The molecule has 1 aromatic carbocycles. The van der Waals surface area contributed by atoms with E-state index >= 15 is 0 Å². The van der Waals surface area contributed by atoms with Crippen molar-refractivity contribution in [2.24, 2.45) is 0 Å². The molecule has 0 fully saturated rings. The van der Waals surface area contributed by atoms with Crippen LogP contribution in [0.5, 0.6) is 0 Å². The van der Waals surface area contributed by atoms with Gasteiger partial charge in [0.25, 0.3) is 0 Å². The summed E-state index contributed by atoms with van der Waals surface area (Å²) in [7, 11) is 0. The second-order valence-corrected chi connectivity index (χ2v) is 3.47. The van der Waals surface area contributed by atoms with Gasteiger partial charge in [-0.3, -0.25) is 0 Å². The summed E-state index contributed by atoms with van der Waals surface area (Å²) < 4.78 is 0. The summed E-state index contributed by atoms with van der Waals surface area (Å²) in [6.07, 6.45) is 2.54. The molecule has 0 aliphatic rings. The Morgan fingerprint density at radius 2 is 2.00 bits per heavy atom. The van der Waals surface area contributed by atoms with Crippen molar-refractivity contribution in [3.8, 4) is 0 Å². The second-order valence-electron chi connectivity index (χ2n) is 3.47. The molecule has 3 heteroatoms. The Bertz CT molecular complexity index is 354. The molecule has 3 nitrogen and oxygen atoms in total. The highest BCUT2D eigenvalue weighted by atomic mass is 16.4. The molecule has 0 aliphatic heterocycles. The number of aliphatic carboxylic acids is 1. The average molecular weight is 205 g/mol. The number of hydrogen-bond donors (Lipinski definition) is 2. The molecule has 0 aliphatic carbocycles. The van der Waals surface area contributed by atoms with E-state index in [1.165, 1.54) is 11.8 Å². The Labute approximate surface area is 89.4 Å². The first-order valence-electron chi connectivity index (χ1n) is 4.81. The fourth-order valence-electron chi connectivity index (χ4n) is 1.22. The fourth-order valence-corrected chi connectivity index (χ4v) is 1.22. The predicted molar refractivity (Wildman–Crippen MR) is 59.5 cm³/mol. The van der Waals surface area contributed by atoms with Crippen molar-refractivity contribution in [1.29, 1.82) is 0 Å². The van der Waals surface area contributed by atoms with Crippen molar-refractivity contribution in [3.63, 3.8) is 0 Å². The summed E-state index contributed by atoms with van der Waals surface area (Å²) in [5.74, 6) is -0.946. The van der Waals surface area contributed by atoms with E-state index in [2.05, 4.69) is 5.32 Å². The zero-order chi connectivity index (χ0) is 11.3. The lowest BCUT2D eigenvalue weighted by molar-refractivity contribution is -0.131. The lowest BCUT2D eigenvalue weighted by Crippen LogP contribution is -2.12. The van der Waals surface area contributed by atoms with Crippen molar-refractivity contribution < 1.29 is 9.90 Å².